The standard InChI is InChI=1S/C15H21ClFNO/c1-2-18-13(8-11-6-7-19-10-11)9-12-4-3-5-14(16)15(12)17/h3-5,11,13,18H,2,6-10H2,1H3. The average molecular weight is 286 g/mol. The lowest BCUT2D eigenvalue weighted by molar-refractivity contribution is 0.181. The second kappa shape index (κ2) is 7.22. The van der Waals surface area contributed by atoms with Crippen molar-refractivity contribution in [2.75, 3.05) is 19.8 Å². The molecule has 0 radical (unpaired) electrons. The van der Waals surface area contributed by atoms with E-state index >= 15 is 0 Å². The van der Waals surface area contributed by atoms with E-state index in [1.54, 1.807) is 6.07 Å². The summed E-state index contributed by atoms with van der Waals surface area (Å²) in [7, 11) is 0. The van der Waals surface area contributed by atoms with Crippen LogP contribution in [0.2, 0.25) is 5.02 Å². The summed E-state index contributed by atoms with van der Waals surface area (Å²) in [5.41, 5.74) is 0.692. The third-order valence-electron chi connectivity index (χ3n) is 3.63. The lowest BCUT2D eigenvalue weighted by Crippen LogP contribution is -2.33. The van der Waals surface area contributed by atoms with Crippen LogP contribution >= 0.6 is 11.6 Å². The molecule has 2 atom stereocenters. The van der Waals surface area contributed by atoms with E-state index in [4.69, 9.17) is 16.3 Å². The zero-order valence-electron chi connectivity index (χ0n) is 11.3. The molecule has 2 unspecified atom stereocenters. The maximum absolute atomic E-state index is 13.9. The van der Waals surface area contributed by atoms with Crippen LogP contribution in [0, 0.1) is 11.7 Å². The highest BCUT2D eigenvalue weighted by Gasteiger charge is 2.21. The Balaban J connectivity index is 2.00. The first-order valence-electron chi connectivity index (χ1n) is 6.94. The number of halogens is 2. The number of rotatable bonds is 6. The summed E-state index contributed by atoms with van der Waals surface area (Å²) in [6, 6.07) is 5.50. The number of ether oxygens (including phenoxy) is 1. The van der Waals surface area contributed by atoms with Gasteiger partial charge in [0.2, 0.25) is 0 Å². The van der Waals surface area contributed by atoms with Crippen LogP contribution in [0.5, 0.6) is 0 Å². The van der Waals surface area contributed by atoms with Crippen LogP contribution in [0.4, 0.5) is 4.39 Å². The molecule has 106 valence electrons. The summed E-state index contributed by atoms with van der Waals surface area (Å²) in [5.74, 6) is 0.307. The van der Waals surface area contributed by atoms with Gasteiger partial charge in [-0.15, -0.1) is 0 Å². The molecule has 1 N–H and O–H groups in total. The maximum Gasteiger partial charge on any atom is 0.145 e. The Bertz CT molecular complexity index is 407. The van der Waals surface area contributed by atoms with Crippen LogP contribution in [-0.2, 0) is 11.2 Å². The van der Waals surface area contributed by atoms with Crippen LogP contribution < -0.4 is 5.32 Å². The van der Waals surface area contributed by atoms with Gasteiger partial charge in [0.25, 0.3) is 0 Å². The van der Waals surface area contributed by atoms with E-state index in [0.717, 1.165) is 32.6 Å². The number of nitrogens with one attached hydrogen (secondary N) is 1. The van der Waals surface area contributed by atoms with E-state index in [0.29, 0.717) is 17.9 Å². The second-order valence-corrected chi connectivity index (χ2v) is 5.54. The van der Waals surface area contributed by atoms with Gasteiger partial charge in [-0.25, -0.2) is 4.39 Å². The van der Waals surface area contributed by atoms with E-state index in [2.05, 4.69) is 12.2 Å². The highest BCUT2D eigenvalue weighted by Crippen LogP contribution is 2.23. The molecular weight excluding hydrogens is 265 g/mol. The molecule has 2 nitrogen and oxygen atoms in total. The molecule has 0 aromatic heterocycles. The predicted molar refractivity (Wildman–Crippen MR) is 76.1 cm³/mol. The average Bonchev–Trinajstić information content (AvgIpc) is 2.88. The molecule has 4 heteroatoms. The summed E-state index contributed by atoms with van der Waals surface area (Å²) in [6.45, 7) is 4.65. The minimum atomic E-state index is -0.283. The first-order valence-corrected chi connectivity index (χ1v) is 7.32. The van der Waals surface area contributed by atoms with Gasteiger partial charge in [-0.2, -0.15) is 0 Å². The van der Waals surface area contributed by atoms with E-state index in [-0.39, 0.29) is 16.9 Å². The highest BCUT2D eigenvalue weighted by atomic mass is 35.5. The van der Waals surface area contributed by atoms with Crippen LogP contribution in [-0.4, -0.2) is 25.8 Å². The number of hydrogen-bond donors (Lipinski definition) is 1. The van der Waals surface area contributed by atoms with Crippen molar-refractivity contribution in [2.24, 2.45) is 5.92 Å². The fourth-order valence-electron chi connectivity index (χ4n) is 2.67. The van der Waals surface area contributed by atoms with E-state index in [9.17, 15) is 4.39 Å². The predicted octanol–water partition coefficient (Wildman–Crippen LogP) is 3.43. The monoisotopic (exact) mass is 285 g/mol. The van der Waals surface area contributed by atoms with Crippen molar-refractivity contribution in [3.63, 3.8) is 0 Å². The van der Waals surface area contributed by atoms with Crippen molar-refractivity contribution in [1.82, 2.24) is 5.32 Å². The number of benzene rings is 1. The molecule has 0 saturated carbocycles. The Morgan fingerprint density at radius 1 is 1.53 bits per heavy atom. The summed E-state index contributed by atoms with van der Waals surface area (Å²) in [6.07, 6.45) is 2.82. The molecule has 0 amide bonds. The molecule has 0 aliphatic carbocycles. The molecule has 0 bridgehead atoms. The quantitative estimate of drug-likeness (QED) is 0.865. The van der Waals surface area contributed by atoms with Crippen molar-refractivity contribution >= 4 is 11.6 Å². The molecule has 1 heterocycles. The SMILES string of the molecule is CCNC(Cc1cccc(Cl)c1F)CC1CCOC1. The Labute approximate surface area is 119 Å². The van der Waals surface area contributed by atoms with Gasteiger partial charge in [0.15, 0.2) is 0 Å². The second-order valence-electron chi connectivity index (χ2n) is 5.14. The van der Waals surface area contributed by atoms with Gasteiger partial charge in [0.05, 0.1) is 5.02 Å². The Kier molecular flexibility index (Phi) is 5.61. The third-order valence-corrected chi connectivity index (χ3v) is 3.92. The smallest absolute Gasteiger partial charge is 0.145 e. The maximum atomic E-state index is 13.9. The highest BCUT2D eigenvalue weighted by molar-refractivity contribution is 6.30. The molecular formula is C15H21ClFNO. The fourth-order valence-corrected chi connectivity index (χ4v) is 2.86. The number of likely N-dealkylation sites (N-methyl/N-ethyl adjacent to an activating group) is 1. The molecule has 2 rings (SSSR count). The van der Waals surface area contributed by atoms with Crippen LogP contribution in [0.25, 0.3) is 0 Å². The molecule has 0 spiro atoms. The van der Waals surface area contributed by atoms with Crippen molar-refractivity contribution < 1.29 is 9.13 Å². The summed E-state index contributed by atoms with van der Waals surface area (Å²) in [5, 5.41) is 3.64. The van der Waals surface area contributed by atoms with Gasteiger partial charge in [0, 0.05) is 19.3 Å². The molecule has 1 aromatic rings. The summed E-state index contributed by atoms with van der Waals surface area (Å²) >= 11 is 5.83. The zero-order valence-corrected chi connectivity index (χ0v) is 12.0. The number of hydrogen-bond acceptors (Lipinski definition) is 2. The van der Waals surface area contributed by atoms with Crippen LogP contribution in [0.1, 0.15) is 25.3 Å². The van der Waals surface area contributed by atoms with E-state index < -0.39 is 0 Å². The van der Waals surface area contributed by atoms with Crippen LogP contribution in [0.15, 0.2) is 18.2 Å². The Morgan fingerprint density at radius 3 is 3.05 bits per heavy atom. The minimum Gasteiger partial charge on any atom is -0.381 e. The fraction of sp³-hybridized carbons (Fsp3) is 0.600. The lowest BCUT2D eigenvalue weighted by Gasteiger charge is -2.21. The van der Waals surface area contributed by atoms with Gasteiger partial charge >= 0.3 is 0 Å². The van der Waals surface area contributed by atoms with Crippen molar-refractivity contribution in [3.8, 4) is 0 Å². The van der Waals surface area contributed by atoms with Crippen LogP contribution in [0.3, 0.4) is 0 Å². The van der Waals surface area contributed by atoms with Gasteiger partial charge in [0.1, 0.15) is 5.82 Å². The molecule has 1 aliphatic heterocycles. The minimum absolute atomic E-state index is 0.206. The first kappa shape index (κ1) is 14.8. The summed E-state index contributed by atoms with van der Waals surface area (Å²) < 4.78 is 19.3. The molecule has 19 heavy (non-hydrogen) atoms. The first-order chi connectivity index (χ1) is 9.20. The largest absolute Gasteiger partial charge is 0.381 e. The van der Waals surface area contributed by atoms with Crippen molar-refractivity contribution in [2.45, 2.75) is 32.2 Å². The topological polar surface area (TPSA) is 21.3 Å². The van der Waals surface area contributed by atoms with E-state index in [1.807, 2.05) is 12.1 Å². The Morgan fingerprint density at radius 2 is 2.37 bits per heavy atom. The zero-order chi connectivity index (χ0) is 13.7. The molecule has 1 aromatic carbocycles. The van der Waals surface area contributed by atoms with Gasteiger partial charge in [-0.3, -0.25) is 0 Å². The van der Waals surface area contributed by atoms with Gasteiger partial charge in [-0.05, 0) is 43.4 Å². The van der Waals surface area contributed by atoms with Gasteiger partial charge < -0.3 is 10.1 Å². The van der Waals surface area contributed by atoms with Gasteiger partial charge in [-0.1, -0.05) is 30.7 Å². The molecule has 1 saturated heterocycles. The van der Waals surface area contributed by atoms with E-state index in [1.165, 1.54) is 0 Å². The summed E-state index contributed by atoms with van der Waals surface area (Å²) in [4.78, 5) is 0. The normalized spacial score (nSPS) is 20.7. The van der Waals surface area contributed by atoms with Crippen molar-refractivity contribution in [3.05, 3.63) is 34.6 Å². The molecule has 1 aliphatic rings. The molecule has 1 fully saturated rings. The van der Waals surface area contributed by atoms with Crippen molar-refractivity contribution in [1.29, 1.82) is 0 Å². The lowest BCUT2D eigenvalue weighted by atomic mass is 9.94. The third kappa shape index (κ3) is 4.16. The Hall–Kier alpha value is -0.640.